The van der Waals surface area contributed by atoms with Gasteiger partial charge in [0.1, 0.15) is 12.1 Å². The first-order valence-corrected chi connectivity index (χ1v) is 8.64. The summed E-state index contributed by atoms with van der Waals surface area (Å²) in [5, 5.41) is 20.3. The van der Waals surface area contributed by atoms with Gasteiger partial charge in [-0.2, -0.15) is 0 Å². The molecule has 0 aromatic carbocycles. The van der Waals surface area contributed by atoms with E-state index in [2.05, 4.69) is 5.32 Å². The molecule has 2 fully saturated rings. The van der Waals surface area contributed by atoms with Crippen LogP contribution in [0.1, 0.15) is 51.4 Å². The smallest absolute Gasteiger partial charge is 0.326 e. The zero-order valence-electron chi connectivity index (χ0n) is 14.0. The highest BCUT2D eigenvalue weighted by Gasteiger charge is 2.43. The summed E-state index contributed by atoms with van der Waals surface area (Å²) in [6.45, 7) is 0. The summed E-state index contributed by atoms with van der Waals surface area (Å²) < 4.78 is 0. The van der Waals surface area contributed by atoms with Crippen LogP contribution in [-0.2, 0) is 19.2 Å². The number of amides is 2. The minimum Gasteiger partial charge on any atom is -0.481 e. The third kappa shape index (κ3) is 4.68. The zero-order chi connectivity index (χ0) is 18.6. The Morgan fingerprint density at radius 2 is 1.84 bits per heavy atom. The second kappa shape index (κ2) is 8.28. The number of rotatable bonds is 6. The quantitative estimate of drug-likeness (QED) is 0.510. The van der Waals surface area contributed by atoms with Gasteiger partial charge in [0.15, 0.2) is 0 Å². The van der Waals surface area contributed by atoms with Crippen molar-refractivity contribution in [2.45, 2.75) is 75.5 Å². The van der Waals surface area contributed by atoms with Gasteiger partial charge in [0, 0.05) is 12.5 Å². The summed E-state index contributed by atoms with van der Waals surface area (Å²) in [5.41, 5.74) is 5.91. The number of carboxylic acid groups (broad SMARTS) is 2. The molecule has 2 rings (SSSR count). The maximum absolute atomic E-state index is 12.6. The summed E-state index contributed by atoms with van der Waals surface area (Å²) in [6, 6.07) is -2.72. The molecule has 0 bridgehead atoms. The third-order valence-corrected chi connectivity index (χ3v) is 4.94. The fourth-order valence-electron chi connectivity index (χ4n) is 3.61. The molecular weight excluding hydrogens is 330 g/mol. The van der Waals surface area contributed by atoms with Gasteiger partial charge in [-0.1, -0.05) is 12.8 Å². The lowest BCUT2D eigenvalue weighted by Gasteiger charge is -2.34. The predicted octanol–water partition coefficient (Wildman–Crippen LogP) is -0.318. The minimum atomic E-state index is -1.29. The summed E-state index contributed by atoms with van der Waals surface area (Å²) in [6.07, 6.45) is 3.77. The lowest BCUT2D eigenvalue weighted by atomic mass is 9.99. The van der Waals surface area contributed by atoms with E-state index in [1.165, 1.54) is 4.90 Å². The molecule has 140 valence electrons. The van der Waals surface area contributed by atoms with Gasteiger partial charge < -0.3 is 26.2 Å². The van der Waals surface area contributed by atoms with Crippen LogP contribution in [0.3, 0.4) is 0 Å². The number of carbonyl (C=O) groups excluding carboxylic acids is 2. The average Bonchev–Trinajstić information content (AvgIpc) is 2.96. The van der Waals surface area contributed by atoms with Gasteiger partial charge >= 0.3 is 11.9 Å². The van der Waals surface area contributed by atoms with Gasteiger partial charge in [-0.05, 0) is 32.1 Å². The number of nitrogens with two attached hydrogens (primary N) is 1. The molecule has 4 atom stereocenters. The molecule has 0 saturated carbocycles. The molecule has 0 aliphatic carbocycles. The fraction of sp³-hybridized carbons (Fsp3) is 0.750. The Bertz CT molecular complexity index is 552. The number of carboxylic acids is 2. The predicted molar refractivity (Wildman–Crippen MR) is 86.5 cm³/mol. The van der Waals surface area contributed by atoms with E-state index >= 15 is 0 Å². The largest absolute Gasteiger partial charge is 0.481 e. The number of aliphatic carboxylic acids is 2. The maximum Gasteiger partial charge on any atom is 0.326 e. The third-order valence-electron chi connectivity index (χ3n) is 4.94. The molecule has 0 aromatic heterocycles. The van der Waals surface area contributed by atoms with E-state index in [1.54, 1.807) is 0 Å². The standard InChI is InChI=1S/C16H25N3O6/c17-10-4-2-1-3-9-5-7-12(19(9)15(10)23)14(22)18-11(16(24)25)6-8-13(20)21/h9-12H,1-8,17H2,(H,18,22)(H,20,21)(H,24,25)/t9-,10+,11+,12+/m1/s1. The lowest BCUT2D eigenvalue weighted by Crippen LogP contribution is -2.56. The van der Waals surface area contributed by atoms with Crippen molar-refractivity contribution in [1.29, 1.82) is 0 Å². The van der Waals surface area contributed by atoms with Crippen molar-refractivity contribution >= 4 is 23.8 Å². The minimum absolute atomic E-state index is 0.0445. The van der Waals surface area contributed by atoms with Crippen molar-refractivity contribution in [2.75, 3.05) is 0 Å². The molecule has 9 nitrogen and oxygen atoms in total. The Kier molecular flexibility index (Phi) is 6.35. The van der Waals surface area contributed by atoms with Gasteiger partial charge in [-0.15, -0.1) is 0 Å². The normalized spacial score (nSPS) is 27.8. The Morgan fingerprint density at radius 1 is 1.16 bits per heavy atom. The number of nitrogens with one attached hydrogen (secondary N) is 1. The van der Waals surface area contributed by atoms with Gasteiger partial charge in [0.25, 0.3) is 0 Å². The second-order valence-electron chi connectivity index (χ2n) is 6.72. The van der Waals surface area contributed by atoms with Gasteiger partial charge in [0.2, 0.25) is 11.8 Å². The molecule has 2 aliphatic heterocycles. The van der Waals surface area contributed by atoms with Crippen LogP contribution in [-0.4, -0.2) is 63.0 Å². The Labute approximate surface area is 145 Å². The second-order valence-corrected chi connectivity index (χ2v) is 6.72. The number of hydrogen-bond donors (Lipinski definition) is 4. The highest BCUT2D eigenvalue weighted by molar-refractivity contribution is 5.92. The van der Waals surface area contributed by atoms with E-state index in [0.29, 0.717) is 19.3 Å². The molecular formula is C16H25N3O6. The van der Waals surface area contributed by atoms with Crippen molar-refractivity contribution in [1.82, 2.24) is 10.2 Å². The van der Waals surface area contributed by atoms with Crippen molar-refractivity contribution in [2.24, 2.45) is 5.73 Å². The van der Waals surface area contributed by atoms with E-state index in [-0.39, 0.29) is 24.8 Å². The molecule has 2 aliphatic rings. The summed E-state index contributed by atoms with van der Waals surface area (Å²) in [7, 11) is 0. The topological polar surface area (TPSA) is 150 Å². The van der Waals surface area contributed by atoms with Gasteiger partial charge in [-0.3, -0.25) is 14.4 Å². The van der Waals surface area contributed by atoms with Crippen LogP contribution in [0, 0.1) is 0 Å². The van der Waals surface area contributed by atoms with Crippen LogP contribution in [0.15, 0.2) is 0 Å². The molecule has 0 unspecified atom stereocenters. The van der Waals surface area contributed by atoms with Crippen LogP contribution in [0.25, 0.3) is 0 Å². The highest BCUT2D eigenvalue weighted by Crippen LogP contribution is 2.31. The monoisotopic (exact) mass is 355 g/mol. The van der Waals surface area contributed by atoms with Crippen molar-refractivity contribution in [3.8, 4) is 0 Å². The first-order valence-electron chi connectivity index (χ1n) is 8.64. The van der Waals surface area contributed by atoms with E-state index < -0.39 is 36.0 Å². The van der Waals surface area contributed by atoms with Crippen molar-refractivity contribution in [3.63, 3.8) is 0 Å². The molecule has 25 heavy (non-hydrogen) atoms. The van der Waals surface area contributed by atoms with Crippen LogP contribution < -0.4 is 11.1 Å². The fourth-order valence-corrected chi connectivity index (χ4v) is 3.61. The first kappa shape index (κ1) is 19.2. The summed E-state index contributed by atoms with van der Waals surface area (Å²) in [5.74, 6) is -3.24. The molecule has 2 heterocycles. The molecule has 0 aromatic rings. The lowest BCUT2D eigenvalue weighted by molar-refractivity contribution is -0.145. The van der Waals surface area contributed by atoms with Crippen LogP contribution in [0.4, 0.5) is 0 Å². The SMILES string of the molecule is N[C@H]1CCCC[C@@H]2CC[C@@H](C(=O)N[C@@H](CCC(=O)O)C(=O)O)N2C1=O. The number of carbonyl (C=O) groups is 4. The maximum atomic E-state index is 12.6. The average molecular weight is 355 g/mol. The van der Waals surface area contributed by atoms with E-state index in [0.717, 1.165) is 19.3 Å². The van der Waals surface area contributed by atoms with Crippen molar-refractivity contribution in [3.05, 3.63) is 0 Å². The van der Waals surface area contributed by atoms with Crippen LogP contribution >= 0.6 is 0 Å². The highest BCUT2D eigenvalue weighted by atomic mass is 16.4. The number of nitrogens with zero attached hydrogens (tertiary/aromatic N) is 1. The molecule has 0 spiro atoms. The van der Waals surface area contributed by atoms with E-state index in [4.69, 9.17) is 10.8 Å². The zero-order valence-corrected chi connectivity index (χ0v) is 14.0. The van der Waals surface area contributed by atoms with Crippen molar-refractivity contribution < 1.29 is 29.4 Å². The molecule has 2 saturated heterocycles. The molecule has 9 heteroatoms. The Hall–Kier alpha value is -2.16. The molecule has 5 N–H and O–H groups in total. The summed E-state index contributed by atoms with van der Waals surface area (Å²) >= 11 is 0. The summed E-state index contributed by atoms with van der Waals surface area (Å²) in [4.78, 5) is 48.5. The Balaban J connectivity index is 2.07. The van der Waals surface area contributed by atoms with Gasteiger partial charge in [0.05, 0.1) is 6.04 Å². The van der Waals surface area contributed by atoms with Gasteiger partial charge in [-0.25, -0.2) is 4.79 Å². The van der Waals surface area contributed by atoms with E-state index in [1.807, 2.05) is 0 Å². The number of hydrogen-bond acceptors (Lipinski definition) is 5. The Morgan fingerprint density at radius 3 is 2.48 bits per heavy atom. The van der Waals surface area contributed by atoms with Crippen LogP contribution in [0.5, 0.6) is 0 Å². The first-order chi connectivity index (χ1) is 11.8. The molecule has 2 amide bonds. The van der Waals surface area contributed by atoms with E-state index in [9.17, 15) is 24.3 Å². The van der Waals surface area contributed by atoms with Crippen LogP contribution in [0.2, 0.25) is 0 Å². The number of fused-ring (bicyclic) bond motifs is 1. The molecule has 0 radical (unpaired) electrons.